The molecule has 1 aliphatic heterocycles. The normalized spacial score (nSPS) is 24.9. The van der Waals surface area contributed by atoms with Crippen LogP contribution in [-0.2, 0) is 9.53 Å². The van der Waals surface area contributed by atoms with Crippen LogP contribution in [0.25, 0.3) is 5.57 Å². The summed E-state index contributed by atoms with van der Waals surface area (Å²) in [6.45, 7) is 6.06. The summed E-state index contributed by atoms with van der Waals surface area (Å²) in [5, 5.41) is 0. The molecule has 3 rings (SSSR count). The van der Waals surface area contributed by atoms with Gasteiger partial charge < -0.3 is 9.47 Å². The quantitative estimate of drug-likeness (QED) is 0.726. The van der Waals surface area contributed by atoms with Gasteiger partial charge in [0.25, 0.3) is 0 Å². The summed E-state index contributed by atoms with van der Waals surface area (Å²) in [6.07, 6.45) is 0.792. The van der Waals surface area contributed by atoms with Crippen molar-refractivity contribution >= 4 is 11.5 Å². The van der Waals surface area contributed by atoms with Gasteiger partial charge in [-0.3, -0.25) is 0 Å². The number of benzene rings is 1. The number of aryl methyl sites for hydroxylation is 1. The van der Waals surface area contributed by atoms with E-state index in [1.807, 2.05) is 13.8 Å². The lowest BCUT2D eigenvalue weighted by Gasteiger charge is -2.29. The fourth-order valence-corrected chi connectivity index (χ4v) is 3.18. The molecule has 1 aliphatic carbocycles. The van der Waals surface area contributed by atoms with E-state index in [-0.39, 0.29) is 12.1 Å². The first kappa shape index (κ1) is 12.3. The number of hydrogen-bond acceptors (Lipinski definition) is 3. The van der Waals surface area contributed by atoms with Gasteiger partial charge in [0, 0.05) is 11.1 Å². The fourth-order valence-electron chi connectivity index (χ4n) is 3.18. The number of ether oxygens (including phenoxy) is 2. The zero-order chi connectivity index (χ0) is 13.7. The zero-order valence-corrected chi connectivity index (χ0v) is 11.7. The molecule has 0 N–H and O–H groups in total. The van der Waals surface area contributed by atoms with Gasteiger partial charge in [0.2, 0.25) is 0 Å². The molecule has 1 heterocycles. The van der Waals surface area contributed by atoms with Crippen molar-refractivity contribution in [2.75, 3.05) is 7.11 Å². The van der Waals surface area contributed by atoms with Crippen molar-refractivity contribution in [3.8, 4) is 5.75 Å². The van der Waals surface area contributed by atoms with Crippen LogP contribution in [0.15, 0.2) is 17.7 Å². The minimum Gasteiger partial charge on any atom is -0.496 e. The van der Waals surface area contributed by atoms with Gasteiger partial charge in [0.1, 0.15) is 11.9 Å². The molecule has 0 radical (unpaired) electrons. The van der Waals surface area contributed by atoms with Gasteiger partial charge in [-0.05, 0) is 55.0 Å². The van der Waals surface area contributed by atoms with E-state index in [4.69, 9.17) is 9.47 Å². The summed E-state index contributed by atoms with van der Waals surface area (Å²) in [6, 6.07) is 4.23. The van der Waals surface area contributed by atoms with Crippen LogP contribution in [0.5, 0.6) is 5.75 Å². The first-order valence-corrected chi connectivity index (χ1v) is 6.63. The average molecular weight is 258 g/mol. The first-order valence-electron chi connectivity index (χ1n) is 6.63. The predicted molar refractivity (Wildman–Crippen MR) is 73.2 cm³/mol. The van der Waals surface area contributed by atoms with Crippen molar-refractivity contribution in [2.24, 2.45) is 0 Å². The third-order valence-corrected chi connectivity index (χ3v) is 4.24. The van der Waals surface area contributed by atoms with Crippen LogP contribution in [0.2, 0.25) is 0 Å². The van der Waals surface area contributed by atoms with Crippen LogP contribution in [0.4, 0.5) is 0 Å². The van der Waals surface area contributed by atoms with Crippen molar-refractivity contribution in [2.45, 2.75) is 39.2 Å². The van der Waals surface area contributed by atoms with Gasteiger partial charge in [-0.25, -0.2) is 4.79 Å². The Kier molecular flexibility index (Phi) is 2.66. The number of carbonyl (C=O) groups is 1. The molecule has 0 saturated heterocycles. The van der Waals surface area contributed by atoms with E-state index >= 15 is 0 Å². The molecule has 100 valence electrons. The minimum atomic E-state index is -0.173. The van der Waals surface area contributed by atoms with Crippen molar-refractivity contribution < 1.29 is 14.3 Å². The summed E-state index contributed by atoms with van der Waals surface area (Å²) in [5.74, 6) is 1.11. The molecule has 2 atom stereocenters. The van der Waals surface area contributed by atoms with E-state index in [1.165, 1.54) is 5.56 Å². The SMILES string of the molecule is COc1cc2c(cc1C)C1=C(C)C(=O)O[C@@H]1C[C@H]2C. The largest absolute Gasteiger partial charge is 0.496 e. The van der Waals surface area contributed by atoms with E-state index in [0.717, 1.165) is 34.4 Å². The maximum absolute atomic E-state index is 11.8. The first-order chi connectivity index (χ1) is 9.02. The highest BCUT2D eigenvalue weighted by atomic mass is 16.5. The van der Waals surface area contributed by atoms with Crippen LogP contribution in [0.1, 0.15) is 42.9 Å². The van der Waals surface area contributed by atoms with Crippen molar-refractivity contribution in [1.29, 1.82) is 0 Å². The smallest absolute Gasteiger partial charge is 0.334 e. The highest BCUT2D eigenvalue weighted by molar-refractivity contribution is 6.03. The lowest BCUT2D eigenvalue weighted by atomic mass is 9.77. The Morgan fingerprint density at radius 1 is 1.32 bits per heavy atom. The Labute approximate surface area is 113 Å². The monoisotopic (exact) mass is 258 g/mol. The minimum absolute atomic E-state index is 0.0669. The van der Waals surface area contributed by atoms with Crippen LogP contribution in [-0.4, -0.2) is 19.2 Å². The van der Waals surface area contributed by atoms with Crippen molar-refractivity contribution in [3.63, 3.8) is 0 Å². The van der Waals surface area contributed by atoms with E-state index in [2.05, 4.69) is 19.1 Å². The lowest BCUT2D eigenvalue weighted by molar-refractivity contribution is -0.139. The fraction of sp³-hybridized carbons (Fsp3) is 0.438. The Morgan fingerprint density at radius 2 is 2.05 bits per heavy atom. The van der Waals surface area contributed by atoms with Crippen molar-refractivity contribution in [3.05, 3.63) is 34.4 Å². The molecule has 1 aromatic carbocycles. The summed E-state index contributed by atoms with van der Waals surface area (Å²) in [7, 11) is 1.69. The maximum atomic E-state index is 11.8. The van der Waals surface area contributed by atoms with Crippen molar-refractivity contribution in [1.82, 2.24) is 0 Å². The molecule has 0 amide bonds. The molecule has 0 unspecified atom stereocenters. The van der Waals surface area contributed by atoms with Gasteiger partial charge in [-0.2, -0.15) is 0 Å². The summed E-state index contributed by atoms with van der Waals surface area (Å²) < 4.78 is 10.9. The molecule has 3 nitrogen and oxygen atoms in total. The van der Waals surface area contributed by atoms with Crippen LogP contribution in [0.3, 0.4) is 0 Å². The molecule has 0 saturated carbocycles. The Hall–Kier alpha value is -1.77. The number of carbonyl (C=O) groups excluding carboxylic acids is 1. The molecule has 0 bridgehead atoms. The second-order valence-electron chi connectivity index (χ2n) is 5.48. The Bertz CT molecular complexity index is 598. The molecule has 0 spiro atoms. The van der Waals surface area contributed by atoms with E-state index in [1.54, 1.807) is 7.11 Å². The topological polar surface area (TPSA) is 35.5 Å². The molecule has 19 heavy (non-hydrogen) atoms. The summed E-state index contributed by atoms with van der Waals surface area (Å²) in [4.78, 5) is 11.8. The standard InChI is InChI=1S/C16H18O3/c1-8-6-14-15(10(3)16(17)19-14)12-5-9(2)13(18-4)7-11(8)12/h5,7-8,14H,6H2,1-4H3/t8-,14-/m1/s1. The Balaban J connectivity index is 2.24. The molecular weight excluding hydrogens is 240 g/mol. The van der Waals surface area contributed by atoms with Gasteiger partial charge >= 0.3 is 5.97 Å². The molecular formula is C16H18O3. The van der Waals surface area contributed by atoms with Gasteiger partial charge in [0.15, 0.2) is 0 Å². The molecule has 0 fully saturated rings. The summed E-state index contributed by atoms with van der Waals surface area (Å²) in [5.41, 5.74) is 5.33. The molecule has 1 aromatic rings. The van der Waals surface area contributed by atoms with Crippen LogP contribution in [0, 0.1) is 6.92 Å². The third-order valence-electron chi connectivity index (χ3n) is 4.24. The highest BCUT2D eigenvalue weighted by Crippen LogP contribution is 2.46. The van der Waals surface area contributed by atoms with Gasteiger partial charge in [-0.1, -0.05) is 6.92 Å². The third kappa shape index (κ3) is 1.68. The predicted octanol–water partition coefficient (Wildman–Crippen LogP) is 3.21. The second kappa shape index (κ2) is 4.12. The number of methoxy groups -OCH3 is 1. The van der Waals surface area contributed by atoms with E-state index < -0.39 is 0 Å². The zero-order valence-electron chi connectivity index (χ0n) is 11.7. The van der Waals surface area contributed by atoms with E-state index in [0.29, 0.717) is 5.92 Å². The molecule has 2 aliphatic rings. The molecule has 3 heteroatoms. The number of fused-ring (bicyclic) bond motifs is 3. The lowest BCUT2D eigenvalue weighted by Crippen LogP contribution is -2.20. The van der Waals surface area contributed by atoms with Crippen LogP contribution < -0.4 is 4.74 Å². The average Bonchev–Trinajstić information content (AvgIpc) is 2.64. The number of esters is 1. The van der Waals surface area contributed by atoms with Gasteiger partial charge in [0.05, 0.1) is 7.11 Å². The van der Waals surface area contributed by atoms with Crippen LogP contribution >= 0.6 is 0 Å². The number of hydrogen-bond donors (Lipinski definition) is 0. The Morgan fingerprint density at radius 3 is 2.74 bits per heavy atom. The second-order valence-corrected chi connectivity index (χ2v) is 5.48. The molecule has 0 aromatic heterocycles. The highest BCUT2D eigenvalue weighted by Gasteiger charge is 2.38. The van der Waals surface area contributed by atoms with E-state index in [9.17, 15) is 4.79 Å². The van der Waals surface area contributed by atoms with Gasteiger partial charge in [-0.15, -0.1) is 0 Å². The summed E-state index contributed by atoms with van der Waals surface area (Å²) >= 11 is 0. The maximum Gasteiger partial charge on any atom is 0.334 e. The number of rotatable bonds is 1.